The predicted octanol–water partition coefficient (Wildman–Crippen LogP) is 3.76. The fourth-order valence-corrected chi connectivity index (χ4v) is 3.74. The molecule has 0 aliphatic carbocycles. The average Bonchev–Trinajstić information content (AvgIpc) is 3.34. The van der Waals surface area contributed by atoms with E-state index in [0.717, 1.165) is 30.2 Å². The first-order chi connectivity index (χ1) is 12.7. The normalized spacial score (nSPS) is 13.8. The fraction of sp³-hybridized carbons (Fsp3) is 0.263. The summed E-state index contributed by atoms with van der Waals surface area (Å²) in [5.41, 5.74) is 2.72. The van der Waals surface area contributed by atoms with Crippen LogP contribution in [0.4, 0.5) is 11.5 Å². The summed E-state index contributed by atoms with van der Waals surface area (Å²) in [6.07, 6.45) is 4.08. The first-order valence-electron chi connectivity index (χ1n) is 8.61. The molecule has 26 heavy (non-hydrogen) atoms. The van der Waals surface area contributed by atoms with Gasteiger partial charge in [-0.15, -0.1) is 21.5 Å². The monoisotopic (exact) mass is 365 g/mol. The molecule has 0 radical (unpaired) electrons. The number of pyridine rings is 1. The summed E-state index contributed by atoms with van der Waals surface area (Å²) in [6, 6.07) is 9.30. The summed E-state index contributed by atoms with van der Waals surface area (Å²) in [4.78, 5) is 20.4. The van der Waals surface area contributed by atoms with Gasteiger partial charge in [0.1, 0.15) is 0 Å². The smallest absolute Gasteiger partial charge is 0.276 e. The van der Waals surface area contributed by atoms with Crippen LogP contribution in [0.1, 0.15) is 28.2 Å². The lowest BCUT2D eigenvalue weighted by atomic mass is 10.1. The molecule has 1 N–H and O–H groups in total. The van der Waals surface area contributed by atoms with E-state index in [0.29, 0.717) is 11.4 Å². The van der Waals surface area contributed by atoms with Gasteiger partial charge in [0.05, 0.1) is 11.4 Å². The molecular formula is C19H19N5OS. The molecule has 1 aliphatic rings. The van der Waals surface area contributed by atoms with Gasteiger partial charge >= 0.3 is 0 Å². The van der Waals surface area contributed by atoms with Crippen LogP contribution in [0.3, 0.4) is 0 Å². The second-order valence-electron chi connectivity index (χ2n) is 6.27. The van der Waals surface area contributed by atoms with E-state index < -0.39 is 0 Å². The minimum absolute atomic E-state index is 0.285. The van der Waals surface area contributed by atoms with E-state index in [4.69, 9.17) is 0 Å². The van der Waals surface area contributed by atoms with Crippen molar-refractivity contribution in [3.8, 4) is 11.3 Å². The Kier molecular flexibility index (Phi) is 4.62. The fourth-order valence-electron chi connectivity index (χ4n) is 3.05. The Morgan fingerprint density at radius 1 is 1.19 bits per heavy atom. The average molecular weight is 365 g/mol. The van der Waals surface area contributed by atoms with Gasteiger partial charge in [-0.25, -0.2) is 0 Å². The Labute approximate surface area is 155 Å². The van der Waals surface area contributed by atoms with Crippen molar-refractivity contribution < 1.29 is 4.79 Å². The van der Waals surface area contributed by atoms with Gasteiger partial charge in [-0.3, -0.25) is 9.78 Å². The Bertz CT molecular complexity index is 916. The van der Waals surface area contributed by atoms with Crippen LogP contribution in [0, 0.1) is 6.92 Å². The van der Waals surface area contributed by atoms with Gasteiger partial charge in [-0.1, -0.05) is 0 Å². The Hall–Kier alpha value is -2.80. The predicted molar refractivity (Wildman–Crippen MR) is 104 cm³/mol. The van der Waals surface area contributed by atoms with Crippen molar-refractivity contribution in [3.05, 3.63) is 52.5 Å². The standard InChI is InChI=1S/C19H19N5OS/c1-13-11-14(12-26-13)18-15(5-4-8-20-18)21-19(25)16-6-7-17(23-22-16)24-9-2-3-10-24/h4-8,11-12H,2-3,9-10H2,1H3,(H,21,25). The van der Waals surface area contributed by atoms with Crippen LogP contribution < -0.4 is 10.2 Å². The van der Waals surface area contributed by atoms with E-state index in [1.807, 2.05) is 24.4 Å². The van der Waals surface area contributed by atoms with Crippen LogP contribution in [-0.4, -0.2) is 34.2 Å². The van der Waals surface area contributed by atoms with Gasteiger partial charge in [0.2, 0.25) is 0 Å². The molecule has 0 atom stereocenters. The van der Waals surface area contributed by atoms with E-state index in [2.05, 4.69) is 31.5 Å². The molecule has 1 fully saturated rings. The summed E-state index contributed by atoms with van der Waals surface area (Å²) in [5.74, 6) is 0.543. The number of aryl methyl sites for hydroxylation is 1. The Balaban J connectivity index is 1.53. The van der Waals surface area contributed by atoms with Crippen molar-refractivity contribution in [2.45, 2.75) is 19.8 Å². The van der Waals surface area contributed by atoms with Gasteiger partial charge < -0.3 is 10.2 Å². The third-order valence-electron chi connectivity index (χ3n) is 4.37. The summed E-state index contributed by atoms with van der Waals surface area (Å²) in [6.45, 7) is 4.05. The van der Waals surface area contributed by atoms with Gasteiger partial charge in [0.15, 0.2) is 11.5 Å². The second-order valence-corrected chi connectivity index (χ2v) is 7.39. The number of nitrogens with one attached hydrogen (secondary N) is 1. The summed E-state index contributed by atoms with van der Waals surface area (Å²) in [5, 5.41) is 13.3. The van der Waals surface area contributed by atoms with Crippen LogP contribution in [0.25, 0.3) is 11.3 Å². The van der Waals surface area contributed by atoms with E-state index >= 15 is 0 Å². The molecule has 1 aliphatic heterocycles. The largest absolute Gasteiger partial charge is 0.355 e. The number of amides is 1. The summed E-state index contributed by atoms with van der Waals surface area (Å²) in [7, 11) is 0. The molecule has 3 aromatic heterocycles. The van der Waals surface area contributed by atoms with Crippen molar-refractivity contribution in [2.24, 2.45) is 0 Å². The van der Waals surface area contributed by atoms with Gasteiger partial charge in [-0.2, -0.15) is 0 Å². The number of carbonyl (C=O) groups is 1. The zero-order valence-electron chi connectivity index (χ0n) is 14.5. The van der Waals surface area contributed by atoms with Crippen molar-refractivity contribution in [2.75, 3.05) is 23.3 Å². The number of nitrogens with zero attached hydrogens (tertiary/aromatic N) is 4. The van der Waals surface area contributed by atoms with Crippen LogP contribution in [0.15, 0.2) is 41.9 Å². The molecule has 3 aromatic rings. The van der Waals surface area contributed by atoms with Gasteiger partial charge in [-0.05, 0) is 50.1 Å². The number of rotatable bonds is 4. The minimum Gasteiger partial charge on any atom is -0.355 e. The number of thiophene rings is 1. The highest BCUT2D eigenvalue weighted by molar-refractivity contribution is 7.10. The van der Waals surface area contributed by atoms with E-state index in [-0.39, 0.29) is 5.91 Å². The van der Waals surface area contributed by atoms with Crippen molar-refractivity contribution >= 4 is 28.7 Å². The molecule has 4 rings (SSSR count). The molecule has 0 aromatic carbocycles. The molecule has 4 heterocycles. The van der Waals surface area contributed by atoms with Crippen LogP contribution >= 0.6 is 11.3 Å². The first kappa shape index (κ1) is 16.7. The van der Waals surface area contributed by atoms with E-state index in [1.165, 1.54) is 17.7 Å². The lowest BCUT2D eigenvalue weighted by Gasteiger charge is -2.15. The number of aromatic nitrogens is 3. The molecular weight excluding hydrogens is 346 g/mol. The molecule has 132 valence electrons. The zero-order chi connectivity index (χ0) is 17.9. The lowest BCUT2D eigenvalue weighted by Crippen LogP contribution is -2.21. The molecule has 6 nitrogen and oxygen atoms in total. The quantitative estimate of drug-likeness (QED) is 0.762. The van der Waals surface area contributed by atoms with Crippen molar-refractivity contribution in [1.82, 2.24) is 15.2 Å². The van der Waals surface area contributed by atoms with E-state index in [9.17, 15) is 4.79 Å². The molecule has 7 heteroatoms. The topological polar surface area (TPSA) is 71.0 Å². The van der Waals surface area contributed by atoms with Gasteiger partial charge in [0.25, 0.3) is 5.91 Å². The number of carbonyl (C=O) groups excluding carboxylic acids is 1. The number of hydrogen-bond donors (Lipinski definition) is 1. The van der Waals surface area contributed by atoms with Gasteiger partial charge in [0, 0.05) is 35.1 Å². The molecule has 1 amide bonds. The highest BCUT2D eigenvalue weighted by Crippen LogP contribution is 2.29. The first-order valence-corrected chi connectivity index (χ1v) is 9.49. The molecule has 0 unspecified atom stereocenters. The number of hydrogen-bond acceptors (Lipinski definition) is 6. The van der Waals surface area contributed by atoms with Crippen molar-refractivity contribution in [1.29, 1.82) is 0 Å². The van der Waals surface area contributed by atoms with Crippen molar-refractivity contribution in [3.63, 3.8) is 0 Å². The highest BCUT2D eigenvalue weighted by Gasteiger charge is 2.16. The molecule has 1 saturated heterocycles. The summed E-state index contributed by atoms with van der Waals surface area (Å²) < 4.78 is 0. The maximum atomic E-state index is 12.6. The zero-order valence-corrected chi connectivity index (χ0v) is 15.3. The highest BCUT2D eigenvalue weighted by atomic mass is 32.1. The van der Waals surface area contributed by atoms with E-state index in [1.54, 1.807) is 29.7 Å². The SMILES string of the molecule is Cc1cc(-c2ncccc2NC(=O)c2ccc(N3CCCC3)nn2)cs1. The second kappa shape index (κ2) is 7.21. The van der Waals surface area contributed by atoms with Crippen LogP contribution in [-0.2, 0) is 0 Å². The Morgan fingerprint density at radius 3 is 2.73 bits per heavy atom. The molecule has 0 bridgehead atoms. The minimum atomic E-state index is -0.285. The lowest BCUT2D eigenvalue weighted by molar-refractivity contribution is 0.102. The molecule has 0 spiro atoms. The molecule has 0 saturated carbocycles. The van der Waals surface area contributed by atoms with Crippen LogP contribution in [0.5, 0.6) is 0 Å². The third kappa shape index (κ3) is 3.43. The summed E-state index contributed by atoms with van der Waals surface area (Å²) >= 11 is 1.66. The number of anilines is 2. The maximum Gasteiger partial charge on any atom is 0.276 e. The maximum absolute atomic E-state index is 12.6. The third-order valence-corrected chi connectivity index (χ3v) is 5.23. The van der Waals surface area contributed by atoms with Crippen LogP contribution in [0.2, 0.25) is 0 Å². The Morgan fingerprint density at radius 2 is 2.04 bits per heavy atom.